The number of hydrogen-bond acceptors (Lipinski definition) is 4. The van der Waals surface area contributed by atoms with Crippen LogP contribution in [0.15, 0.2) is 12.3 Å². The van der Waals surface area contributed by atoms with Crippen LogP contribution < -0.4 is 5.32 Å². The topological polar surface area (TPSA) is 84.8 Å². The standard InChI is InChI=1S/C14H19N5O2/c1-19-12(6-7-15-19)11(8-21-2)16-14(20)13-9-4-3-5-10(9)17-18-13/h6-7,11H,3-5,8H2,1-2H3,(H,16,20)(H,17,18). The number of aromatic amines is 1. The van der Waals surface area contributed by atoms with Gasteiger partial charge >= 0.3 is 0 Å². The molecule has 0 aliphatic heterocycles. The quantitative estimate of drug-likeness (QED) is 0.850. The highest BCUT2D eigenvalue weighted by atomic mass is 16.5. The first-order valence-corrected chi connectivity index (χ1v) is 7.04. The van der Waals surface area contributed by atoms with E-state index in [1.807, 2.05) is 13.1 Å². The van der Waals surface area contributed by atoms with E-state index in [1.165, 1.54) is 0 Å². The Morgan fingerprint density at radius 2 is 2.43 bits per heavy atom. The molecule has 0 fully saturated rings. The average molecular weight is 289 g/mol. The molecular weight excluding hydrogens is 270 g/mol. The molecule has 3 rings (SSSR count). The molecule has 0 saturated carbocycles. The maximum atomic E-state index is 12.5. The lowest BCUT2D eigenvalue weighted by molar-refractivity contribution is 0.0886. The lowest BCUT2D eigenvalue weighted by Gasteiger charge is -2.17. The summed E-state index contributed by atoms with van der Waals surface area (Å²) in [5.41, 5.74) is 3.54. The fourth-order valence-corrected chi connectivity index (χ4v) is 2.83. The third-order valence-corrected chi connectivity index (χ3v) is 3.88. The molecule has 1 unspecified atom stereocenters. The predicted molar refractivity (Wildman–Crippen MR) is 75.9 cm³/mol. The number of nitrogens with zero attached hydrogens (tertiary/aromatic N) is 3. The summed E-state index contributed by atoms with van der Waals surface area (Å²) >= 11 is 0. The highest BCUT2D eigenvalue weighted by Crippen LogP contribution is 2.23. The zero-order valence-electron chi connectivity index (χ0n) is 12.2. The summed E-state index contributed by atoms with van der Waals surface area (Å²) in [6.45, 7) is 0.387. The predicted octanol–water partition coefficient (Wildman–Crippen LogP) is 0.749. The zero-order valence-corrected chi connectivity index (χ0v) is 12.2. The molecule has 0 spiro atoms. The number of aromatic nitrogens is 4. The molecule has 0 radical (unpaired) electrons. The van der Waals surface area contributed by atoms with Crippen LogP contribution >= 0.6 is 0 Å². The van der Waals surface area contributed by atoms with Crippen molar-refractivity contribution in [3.8, 4) is 0 Å². The maximum Gasteiger partial charge on any atom is 0.272 e. The molecule has 1 aliphatic carbocycles. The third kappa shape index (κ3) is 2.56. The maximum absolute atomic E-state index is 12.5. The van der Waals surface area contributed by atoms with Crippen molar-refractivity contribution < 1.29 is 9.53 Å². The first kappa shape index (κ1) is 13.8. The number of rotatable bonds is 5. The highest BCUT2D eigenvalue weighted by Gasteiger charge is 2.25. The van der Waals surface area contributed by atoms with Gasteiger partial charge in [0.05, 0.1) is 18.3 Å². The summed E-state index contributed by atoms with van der Waals surface area (Å²) in [6, 6.07) is 1.63. The van der Waals surface area contributed by atoms with E-state index in [4.69, 9.17) is 4.74 Å². The minimum atomic E-state index is -0.247. The molecule has 0 saturated heterocycles. The Bertz CT molecular complexity index is 646. The van der Waals surface area contributed by atoms with Gasteiger partial charge in [-0.05, 0) is 25.3 Å². The van der Waals surface area contributed by atoms with E-state index in [0.29, 0.717) is 12.3 Å². The van der Waals surface area contributed by atoms with Gasteiger partial charge in [-0.1, -0.05) is 0 Å². The molecule has 21 heavy (non-hydrogen) atoms. The molecule has 0 bridgehead atoms. The molecule has 2 N–H and O–H groups in total. The molecule has 7 heteroatoms. The number of ether oxygens (including phenoxy) is 1. The number of nitrogens with one attached hydrogen (secondary N) is 2. The van der Waals surface area contributed by atoms with Crippen LogP contribution in [0.2, 0.25) is 0 Å². The van der Waals surface area contributed by atoms with E-state index >= 15 is 0 Å². The van der Waals surface area contributed by atoms with Crippen LogP contribution in [0.4, 0.5) is 0 Å². The SMILES string of the molecule is COCC(NC(=O)c1n[nH]c2c1CCC2)c1ccnn1C. The highest BCUT2D eigenvalue weighted by molar-refractivity contribution is 5.94. The Balaban J connectivity index is 1.79. The summed E-state index contributed by atoms with van der Waals surface area (Å²) in [5, 5.41) is 14.2. The molecule has 0 aromatic carbocycles. The smallest absolute Gasteiger partial charge is 0.272 e. The number of amides is 1. The van der Waals surface area contributed by atoms with Crippen molar-refractivity contribution in [2.75, 3.05) is 13.7 Å². The van der Waals surface area contributed by atoms with E-state index < -0.39 is 0 Å². The number of H-pyrrole nitrogens is 1. The van der Waals surface area contributed by atoms with Crippen molar-refractivity contribution in [3.05, 3.63) is 34.9 Å². The Labute approximate surface area is 122 Å². The van der Waals surface area contributed by atoms with Crippen molar-refractivity contribution in [1.82, 2.24) is 25.3 Å². The van der Waals surface area contributed by atoms with Crippen LogP contribution in [0.25, 0.3) is 0 Å². The van der Waals surface area contributed by atoms with Crippen molar-refractivity contribution >= 4 is 5.91 Å². The van der Waals surface area contributed by atoms with Crippen LogP contribution in [-0.4, -0.2) is 39.6 Å². The van der Waals surface area contributed by atoms with Crippen LogP contribution in [-0.2, 0) is 24.6 Å². The van der Waals surface area contributed by atoms with Gasteiger partial charge in [0, 0.05) is 31.6 Å². The van der Waals surface area contributed by atoms with Crippen LogP contribution in [0.3, 0.4) is 0 Å². The Morgan fingerprint density at radius 1 is 1.57 bits per heavy atom. The lowest BCUT2D eigenvalue weighted by Crippen LogP contribution is -2.33. The van der Waals surface area contributed by atoms with Gasteiger partial charge in [-0.15, -0.1) is 0 Å². The van der Waals surface area contributed by atoms with E-state index in [0.717, 1.165) is 36.2 Å². The molecule has 1 aliphatic rings. The number of methoxy groups -OCH3 is 1. The second-order valence-corrected chi connectivity index (χ2v) is 5.24. The Morgan fingerprint density at radius 3 is 3.14 bits per heavy atom. The molecular formula is C14H19N5O2. The van der Waals surface area contributed by atoms with Crippen molar-refractivity contribution in [2.24, 2.45) is 7.05 Å². The van der Waals surface area contributed by atoms with Crippen molar-refractivity contribution in [3.63, 3.8) is 0 Å². The number of hydrogen-bond donors (Lipinski definition) is 2. The van der Waals surface area contributed by atoms with Crippen molar-refractivity contribution in [2.45, 2.75) is 25.3 Å². The molecule has 2 heterocycles. The molecule has 1 amide bonds. The number of fused-ring (bicyclic) bond motifs is 1. The summed E-state index contributed by atoms with van der Waals surface area (Å²) in [7, 11) is 3.46. The number of carbonyl (C=O) groups is 1. The van der Waals surface area contributed by atoms with E-state index in [9.17, 15) is 4.79 Å². The molecule has 112 valence electrons. The second kappa shape index (κ2) is 5.69. The molecule has 2 aromatic heterocycles. The first-order valence-electron chi connectivity index (χ1n) is 7.04. The number of aryl methyl sites for hydroxylation is 2. The third-order valence-electron chi connectivity index (χ3n) is 3.88. The lowest BCUT2D eigenvalue weighted by atomic mass is 10.1. The van der Waals surface area contributed by atoms with Crippen LogP contribution in [0.5, 0.6) is 0 Å². The van der Waals surface area contributed by atoms with E-state index in [2.05, 4.69) is 20.6 Å². The first-order chi connectivity index (χ1) is 10.2. The van der Waals surface area contributed by atoms with Crippen molar-refractivity contribution in [1.29, 1.82) is 0 Å². The van der Waals surface area contributed by atoms with Gasteiger partial charge < -0.3 is 10.1 Å². The Hall–Kier alpha value is -2.15. The van der Waals surface area contributed by atoms with Gasteiger partial charge in [0.25, 0.3) is 5.91 Å². The fraction of sp³-hybridized carbons (Fsp3) is 0.500. The zero-order chi connectivity index (χ0) is 14.8. The van der Waals surface area contributed by atoms with Gasteiger partial charge in [0.1, 0.15) is 0 Å². The fourth-order valence-electron chi connectivity index (χ4n) is 2.83. The van der Waals surface area contributed by atoms with Gasteiger partial charge in [-0.2, -0.15) is 10.2 Å². The van der Waals surface area contributed by atoms with Crippen LogP contribution in [0, 0.1) is 0 Å². The minimum Gasteiger partial charge on any atom is -0.382 e. The summed E-state index contributed by atoms with van der Waals surface area (Å²) in [6.07, 6.45) is 4.66. The van der Waals surface area contributed by atoms with Crippen LogP contribution in [0.1, 0.15) is 39.9 Å². The van der Waals surface area contributed by atoms with Gasteiger partial charge in [-0.3, -0.25) is 14.6 Å². The molecule has 2 aromatic rings. The second-order valence-electron chi connectivity index (χ2n) is 5.24. The molecule has 7 nitrogen and oxygen atoms in total. The monoisotopic (exact) mass is 289 g/mol. The summed E-state index contributed by atoms with van der Waals surface area (Å²) < 4.78 is 6.94. The summed E-state index contributed by atoms with van der Waals surface area (Å²) in [4.78, 5) is 12.5. The van der Waals surface area contributed by atoms with E-state index in [-0.39, 0.29) is 11.9 Å². The Kier molecular flexibility index (Phi) is 3.74. The molecule has 1 atom stereocenters. The number of carbonyl (C=O) groups excluding carboxylic acids is 1. The van der Waals surface area contributed by atoms with Gasteiger partial charge in [0.15, 0.2) is 5.69 Å². The van der Waals surface area contributed by atoms with Gasteiger partial charge in [0.2, 0.25) is 0 Å². The average Bonchev–Trinajstić information content (AvgIpc) is 3.13. The largest absolute Gasteiger partial charge is 0.382 e. The summed E-state index contributed by atoms with van der Waals surface area (Å²) in [5.74, 6) is -0.169. The normalized spacial score (nSPS) is 15.0. The minimum absolute atomic E-state index is 0.169. The van der Waals surface area contributed by atoms with E-state index in [1.54, 1.807) is 18.0 Å². The van der Waals surface area contributed by atoms with Gasteiger partial charge in [-0.25, -0.2) is 0 Å².